The van der Waals surface area contributed by atoms with Gasteiger partial charge in [0.15, 0.2) is 0 Å². The van der Waals surface area contributed by atoms with Gasteiger partial charge >= 0.3 is 0 Å². The molecule has 0 aromatic carbocycles. The van der Waals surface area contributed by atoms with Crippen LogP contribution in [0.4, 0.5) is 11.5 Å². The van der Waals surface area contributed by atoms with E-state index in [1.807, 2.05) is 12.1 Å². The molecule has 4 heteroatoms. The molecule has 2 rings (SSSR count). The van der Waals surface area contributed by atoms with Crippen LogP contribution in [0.3, 0.4) is 0 Å². The first-order valence-corrected chi connectivity index (χ1v) is 7.65. The van der Waals surface area contributed by atoms with Crippen molar-refractivity contribution in [3.63, 3.8) is 0 Å². The lowest BCUT2D eigenvalue weighted by Gasteiger charge is -2.29. The first-order chi connectivity index (χ1) is 9.49. The van der Waals surface area contributed by atoms with Gasteiger partial charge in [-0.1, -0.05) is 27.7 Å². The van der Waals surface area contributed by atoms with Crippen LogP contribution in [0.1, 0.15) is 40.5 Å². The van der Waals surface area contributed by atoms with Crippen LogP contribution in [-0.2, 0) is 0 Å². The van der Waals surface area contributed by atoms with Crippen molar-refractivity contribution in [3.8, 4) is 5.88 Å². The maximum absolute atomic E-state index is 5.96. The van der Waals surface area contributed by atoms with Crippen molar-refractivity contribution in [2.75, 3.05) is 23.8 Å². The number of nitrogens with zero attached hydrogens (tertiary/aromatic N) is 2. The van der Waals surface area contributed by atoms with Crippen molar-refractivity contribution in [1.29, 1.82) is 0 Å². The molecule has 1 aliphatic heterocycles. The van der Waals surface area contributed by atoms with E-state index in [2.05, 4.69) is 37.6 Å². The summed E-state index contributed by atoms with van der Waals surface area (Å²) in [4.78, 5) is 7.03. The molecule has 1 aromatic heterocycles. The van der Waals surface area contributed by atoms with Crippen LogP contribution in [0.5, 0.6) is 5.88 Å². The van der Waals surface area contributed by atoms with Gasteiger partial charge in [-0.25, -0.2) is 0 Å². The van der Waals surface area contributed by atoms with Gasteiger partial charge in [0.05, 0.1) is 12.3 Å². The fraction of sp³-hybridized carbons (Fsp3) is 0.688. The van der Waals surface area contributed by atoms with Crippen LogP contribution in [0.25, 0.3) is 0 Å². The molecule has 4 nitrogen and oxygen atoms in total. The van der Waals surface area contributed by atoms with Crippen LogP contribution in [0.15, 0.2) is 12.1 Å². The molecular weight excluding hydrogens is 250 g/mol. The molecule has 1 saturated heterocycles. The maximum atomic E-state index is 5.96. The lowest BCUT2D eigenvalue weighted by atomic mass is 10.0. The molecule has 1 aromatic rings. The topological polar surface area (TPSA) is 51.4 Å². The zero-order valence-corrected chi connectivity index (χ0v) is 13.1. The smallest absolute Gasteiger partial charge is 0.239 e. The zero-order valence-electron chi connectivity index (χ0n) is 13.1. The van der Waals surface area contributed by atoms with Gasteiger partial charge in [0, 0.05) is 12.6 Å². The SMILES string of the molecule is CC(C)COc1nc(N2CCCC2C(C)C)ccc1N. The molecule has 2 N–H and O–H groups in total. The second-order valence-corrected chi connectivity index (χ2v) is 6.42. The van der Waals surface area contributed by atoms with E-state index >= 15 is 0 Å². The standard InChI is InChI=1S/C16H27N3O/c1-11(2)10-20-16-13(17)7-8-15(18-16)19-9-5-6-14(19)12(3)4/h7-8,11-12,14H,5-6,9-10,17H2,1-4H3. The number of hydrogen-bond donors (Lipinski definition) is 1. The third kappa shape index (κ3) is 3.35. The summed E-state index contributed by atoms with van der Waals surface area (Å²) in [5, 5.41) is 0. The number of hydrogen-bond acceptors (Lipinski definition) is 4. The Balaban J connectivity index is 2.18. The average Bonchev–Trinajstić information content (AvgIpc) is 2.87. The summed E-state index contributed by atoms with van der Waals surface area (Å²) in [7, 11) is 0. The minimum absolute atomic E-state index is 0.468. The normalized spacial score (nSPS) is 19.1. The molecule has 1 fully saturated rings. The summed E-state index contributed by atoms with van der Waals surface area (Å²) in [6.07, 6.45) is 2.48. The fourth-order valence-electron chi connectivity index (χ4n) is 2.73. The molecule has 0 aliphatic carbocycles. The quantitative estimate of drug-likeness (QED) is 0.897. The Morgan fingerprint density at radius 1 is 1.35 bits per heavy atom. The molecular formula is C16H27N3O. The monoisotopic (exact) mass is 277 g/mol. The lowest BCUT2D eigenvalue weighted by molar-refractivity contribution is 0.263. The molecule has 2 heterocycles. The van der Waals surface area contributed by atoms with Gasteiger partial charge in [-0.05, 0) is 36.8 Å². The second kappa shape index (κ2) is 6.33. The summed E-state index contributed by atoms with van der Waals surface area (Å²) in [6.45, 7) is 10.5. The van der Waals surface area contributed by atoms with Crippen molar-refractivity contribution >= 4 is 11.5 Å². The Kier molecular flexibility index (Phi) is 4.73. The van der Waals surface area contributed by atoms with Gasteiger partial charge in [0.1, 0.15) is 5.82 Å². The number of rotatable bonds is 5. The van der Waals surface area contributed by atoms with Crippen molar-refractivity contribution in [3.05, 3.63) is 12.1 Å². The van der Waals surface area contributed by atoms with E-state index < -0.39 is 0 Å². The number of aromatic nitrogens is 1. The number of nitrogens with two attached hydrogens (primary N) is 1. The van der Waals surface area contributed by atoms with E-state index in [0.717, 1.165) is 12.4 Å². The Hall–Kier alpha value is -1.45. The highest BCUT2D eigenvalue weighted by Crippen LogP contribution is 2.31. The summed E-state index contributed by atoms with van der Waals surface area (Å²) in [5.74, 6) is 2.67. The summed E-state index contributed by atoms with van der Waals surface area (Å²) in [6, 6.07) is 4.50. The van der Waals surface area contributed by atoms with Gasteiger partial charge in [-0.3, -0.25) is 0 Å². The molecule has 0 radical (unpaired) electrons. The van der Waals surface area contributed by atoms with Crippen LogP contribution in [-0.4, -0.2) is 24.2 Å². The maximum Gasteiger partial charge on any atom is 0.239 e. The molecule has 1 aliphatic rings. The number of anilines is 2. The fourth-order valence-corrected chi connectivity index (χ4v) is 2.73. The Bertz CT molecular complexity index is 445. The summed E-state index contributed by atoms with van der Waals surface area (Å²) >= 11 is 0. The van der Waals surface area contributed by atoms with Crippen LogP contribution in [0, 0.1) is 11.8 Å². The number of pyridine rings is 1. The Morgan fingerprint density at radius 2 is 2.10 bits per heavy atom. The molecule has 1 atom stereocenters. The van der Waals surface area contributed by atoms with Crippen LogP contribution >= 0.6 is 0 Å². The Morgan fingerprint density at radius 3 is 2.75 bits per heavy atom. The van der Waals surface area contributed by atoms with Gasteiger partial charge in [-0.15, -0.1) is 0 Å². The number of nitrogen functional groups attached to an aromatic ring is 1. The van der Waals surface area contributed by atoms with E-state index in [0.29, 0.717) is 36.1 Å². The second-order valence-electron chi connectivity index (χ2n) is 6.42. The van der Waals surface area contributed by atoms with Crippen LogP contribution < -0.4 is 15.4 Å². The molecule has 20 heavy (non-hydrogen) atoms. The minimum Gasteiger partial charge on any atom is -0.476 e. The highest BCUT2D eigenvalue weighted by molar-refractivity contribution is 5.55. The summed E-state index contributed by atoms with van der Waals surface area (Å²) in [5.41, 5.74) is 6.58. The minimum atomic E-state index is 0.468. The van der Waals surface area contributed by atoms with Gasteiger partial charge < -0.3 is 15.4 Å². The van der Waals surface area contributed by atoms with Gasteiger partial charge in [-0.2, -0.15) is 4.98 Å². The van der Waals surface area contributed by atoms with Crippen molar-refractivity contribution in [2.24, 2.45) is 11.8 Å². The average molecular weight is 277 g/mol. The highest BCUT2D eigenvalue weighted by Gasteiger charge is 2.28. The largest absolute Gasteiger partial charge is 0.476 e. The third-order valence-corrected chi connectivity index (χ3v) is 3.79. The first kappa shape index (κ1) is 14.9. The van der Waals surface area contributed by atoms with Crippen molar-refractivity contribution < 1.29 is 4.74 Å². The lowest BCUT2D eigenvalue weighted by Crippen LogP contribution is -2.34. The van der Waals surface area contributed by atoms with Crippen molar-refractivity contribution in [2.45, 2.75) is 46.6 Å². The van der Waals surface area contributed by atoms with Gasteiger partial charge in [0.2, 0.25) is 5.88 Å². The molecule has 0 amide bonds. The molecule has 112 valence electrons. The molecule has 0 saturated carbocycles. The van der Waals surface area contributed by atoms with Gasteiger partial charge in [0.25, 0.3) is 0 Å². The van der Waals surface area contributed by atoms with E-state index in [-0.39, 0.29) is 0 Å². The summed E-state index contributed by atoms with van der Waals surface area (Å²) < 4.78 is 5.73. The van der Waals surface area contributed by atoms with Crippen LogP contribution in [0.2, 0.25) is 0 Å². The van der Waals surface area contributed by atoms with E-state index in [9.17, 15) is 0 Å². The highest BCUT2D eigenvalue weighted by atomic mass is 16.5. The Labute approximate surface area is 122 Å². The first-order valence-electron chi connectivity index (χ1n) is 7.65. The molecule has 0 spiro atoms. The van der Waals surface area contributed by atoms with Crippen molar-refractivity contribution in [1.82, 2.24) is 4.98 Å². The predicted octanol–water partition coefficient (Wildman–Crippen LogP) is 3.32. The molecule has 1 unspecified atom stereocenters. The van der Waals surface area contributed by atoms with E-state index in [1.54, 1.807) is 0 Å². The molecule has 0 bridgehead atoms. The third-order valence-electron chi connectivity index (χ3n) is 3.79. The number of ether oxygens (including phenoxy) is 1. The predicted molar refractivity (Wildman–Crippen MR) is 84.2 cm³/mol. The van der Waals surface area contributed by atoms with E-state index in [4.69, 9.17) is 10.5 Å². The zero-order chi connectivity index (χ0) is 14.7. The van der Waals surface area contributed by atoms with E-state index in [1.165, 1.54) is 12.8 Å².